The van der Waals surface area contributed by atoms with Crippen LogP contribution >= 0.6 is 0 Å². The first-order chi connectivity index (χ1) is 16.5. The van der Waals surface area contributed by atoms with Crippen LogP contribution < -0.4 is 17.0 Å². The number of halogens is 1. The zero-order chi connectivity index (χ0) is 24.0. The molecule has 4 nitrogen and oxygen atoms in total. The molecule has 192 valence electrons. The maximum absolute atomic E-state index is 13.5. The summed E-state index contributed by atoms with van der Waals surface area (Å²) in [4.78, 5) is 13.5. The van der Waals surface area contributed by atoms with E-state index in [4.69, 9.17) is 4.74 Å². The van der Waals surface area contributed by atoms with Gasteiger partial charge in [0.25, 0.3) is 0 Å². The number of esters is 1. The van der Waals surface area contributed by atoms with Crippen LogP contribution in [0.25, 0.3) is 0 Å². The Morgan fingerprint density at radius 2 is 1.37 bits per heavy atom. The Kier molecular flexibility index (Phi) is 9.97. The van der Waals surface area contributed by atoms with Crippen molar-refractivity contribution in [3.63, 3.8) is 0 Å². The summed E-state index contributed by atoms with van der Waals surface area (Å²) in [6, 6.07) is 19.5. The predicted octanol–water partition coefficient (Wildman–Crippen LogP) is 2.97. The highest BCUT2D eigenvalue weighted by Gasteiger charge is 2.53. The highest BCUT2D eigenvalue weighted by molar-refractivity contribution is 5.85. The smallest absolute Gasteiger partial charge is 0.347 e. The number of nitrogens with zero attached hydrogens (tertiary/aromatic N) is 1. The minimum Gasteiger partial charge on any atom is -1.00 e. The van der Waals surface area contributed by atoms with Gasteiger partial charge in [-0.25, -0.2) is 4.79 Å². The maximum Gasteiger partial charge on any atom is 0.347 e. The lowest BCUT2D eigenvalue weighted by Gasteiger charge is -2.47. The lowest BCUT2D eigenvalue weighted by Crippen LogP contribution is -3.00. The normalized spacial score (nSPS) is 25.6. The van der Waals surface area contributed by atoms with Gasteiger partial charge in [-0.3, -0.25) is 0 Å². The minimum absolute atomic E-state index is 0. The van der Waals surface area contributed by atoms with Crippen LogP contribution in [-0.2, 0) is 15.1 Å². The van der Waals surface area contributed by atoms with Gasteiger partial charge < -0.3 is 31.3 Å². The van der Waals surface area contributed by atoms with E-state index in [9.17, 15) is 9.90 Å². The molecular formula is C30H42BrNO3. The number of quaternary nitrogens is 1. The van der Waals surface area contributed by atoms with Gasteiger partial charge >= 0.3 is 5.97 Å². The topological polar surface area (TPSA) is 46.5 Å². The van der Waals surface area contributed by atoms with Crippen molar-refractivity contribution in [3.05, 3.63) is 71.8 Å². The van der Waals surface area contributed by atoms with E-state index in [2.05, 4.69) is 14.0 Å². The lowest BCUT2D eigenvalue weighted by atomic mass is 9.86. The second-order valence-electron chi connectivity index (χ2n) is 10.7. The van der Waals surface area contributed by atoms with Gasteiger partial charge in [0.2, 0.25) is 5.60 Å². The molecule has 2 aliphatic heterocycles. The molecule has 1 N–H and O–H groups in total. The van der Waals surface area contributed by atoms with Crippen LogP contribution in [0.15, 0.2) is 60.7 Å². The summed E-state index contributed by atoms with van der Waals surface area (Å²) in [6.45, 7) is 3.50. The Balaban J connectivity index is 0.00000342. The zero-order valence-corrected chi connectivity index (χ0v) is 23.0. The molecule has 2 heterocycles. The van der Waals surface area contributed by atoms with E-state index in [0.29, 0.717) is 23.2 Å². The summed E-state index contributed by atoms with van der Waals surface area (Å²) in [5.41, 5.74) is -0.697. The van der Waals surface area contributed by atoms with E-state index >= 15 is 0 Å². The van der Waals surface area contributed by atoms with Gasteiger partial charge in [-0.2, -0.15) is 0 Å². The monoisotopic (exact) mass is 543 g/mol. The Hall–Kier alpha value is -1.69. The molecule has 35 heavy (non-hydrogen) atoms. The van der Waals surface area contributed by atoms with Crippen LogP contribution in [0.5, 0.6) is 0 Å². The van der Waals surface area contributed by atoms with E-state index < -0.39 is 11.6 Å². The Labute approximate surface area is 222 Å². The van der Waals surface area contributed by atoms with Crippen molar-refractivity contribution in [2.75, 3.05) is 13.6 Å². The second-order valence-corrected chi connectivity index (χ2v) is 10.7. The molecule has 0 spiro atoms. The molecule has 0 aromatic heterocycles. The highest BCUT2D eigenvalue weighted by Crippen LogP contribution is 2.43. The zero-order valence-electron chi connectivity index (χ0n) is 21.4. The van der Waals surface area contributed by atoms with E-state index in [1.807, 2.05) is 36.4 Å². The summed E-state index contributed by atoms with van der Waals surface area (Å²) in [5, 5.41) is 11.7. The number of unbranched alkanes of at least 4 members (excludes halogenated alkanes) is 5. The fraction of sp³-hybridized carbons (Fsp3) is 0.567. The van der Waals surface area contributed by atoms with Crippen molar-refractivity contribution in [2.24, 2.45) is 0 Å². The van der Waals surface area contributed by atoms with Crippen LogP contribution in [-0.4, -0.2) is 47.3 Å². The number of hydrogen-bond acceptors (Lipinski definition) is 3. The van der Waals surface area contributed by atoms with Crippen LogP contribution in [0, 0.1) is 0 Å². The predicted molar refractivity (Wildman–Crippen MR) is 136 cm³/mol. The van der Waals surface area contributed by atoms with Gasteiger partial charge in [0.1, 0.15) is 6.10 Å². The summed E-state index contributed by atoms with van der Waals surface area (Å²) >= 11 is 0. The number of benzene rings is 2. The Morgan fingerprint density at radius 1 is 0.886 bits per heavy atom. The van der Waals surface area contributed by atoms with Crippen molar-refractivity contribution in [1.82, 2.24) is 0 Å². The van der Waals surface area contributed by atoms with Crippen molar-refractivity contribution in [2.45, 2.75) is 94.9 Å². The van der Waals surface area contributed by atoms with E-state index in [1.165, 1.54) is 57.9 Å². The molecule has 2 atom stereocenters. The molecule has 2 aromatic rings. The highest BCUT2D eigenvalue weighted by atomic mass is 79.9. The number of ether oxygens (including phenoxy) is 1. The van der Waals surface area contributed by atoms with Gasteiger partial charge in [0.05, 0.1) is 25.7 Å². The SMILES string of the molecule is CCCCCCCC[N+]1(C)C2CCC1CC(OC(=O)C(O)(c1ccccc1)c1ccccc1)C2.[Br-]. The number of carbonyl (C=O) groups is 1. The minimum atomic E-state index is -1.80. The van der Waals surface area contributed by atoms with E-state index in [-0.39, 0.29) is 23.1 Å². The Bertz CT molecular complexity index is 866. The maximum atomic E-state index is 13.5. The molecule has 0 amide bonds. The molecule has 0 saturated carbocycles. The van der Waals surface area contributed by atoms with Crippen LogP contribution in [0.4, 0.5) is 0 Å². The quantitative estimate of drug-likeness (QED) is 0.269. The molecule has 2 bridgehead atoms. The standard InChI is InChI=1S/C30H42NO3.BrH/c1-3-4-5-6-7-14-21-31(2)26-19-20-27(31)23-28(22-26)34-29(32)30(33,24-15-10-8-11-16-24)25-17-12-9-13-18-25;/h8-13,15-18,26-28,33H,3-7,14,19-23H2,1-2H3;1H/q+1;/p-1. The average Bonchev–Trinajstić information content (AvgIpc) is 3.02. The summed E-state index contributed by atoms with van der Waals surface area (Å²) in [6.07, 6.45) is 12.1. The first-order valence-corrected chi connectivity index (χ1v) is 13.4. The lowest BCUT2D eigenvalue weighted by molar-refractivity contribution is -0.949. The second kappa shape index (κ2) is 12.5. The van der Waals surface area contributed by atoms with Crippen LogP contribution in [0.3, 0.4) is 0 Å². The van der Waals surface area contributed by atoms with Crippen molar-refractivity contribution in [3.8, 4) is 0 Å². The molecule has 5 heteroatoms. The van der Waals surface area contributed by atoms with Gasteiger partial charge in [-0.05, 0) is 24.0 Å². The van der Waals surface area contributed by atoms with Gasteiger partial charge in [0, 0.05) is 25.7 Å². The third kappa shape index (κ3) is 6.00. The number of carbonyl (C=O) groups excluding carboxylic acids is 1. The van der Waals surface area contributed by atoms with Gasteiger partial charge in [-0.1, -0.05) is 93.3 Å². The number of rotatable bonds is 11. The fourth-order valence-electron chi connectivity index (χ4n) is 6.39. The third-order valence-electron chi connectivity index (χ3n) is 8.52. The molecular weight excluding hydrogens is 502 g/mol. The van der Waals surface area contributed by atoms with Crippen molar-refractivity contribution in [1.29, 1.82) is 0 Å². The van der Waals surface area contributed by atoms with Crippen LogP contribution in [0.1, 0.15) is 82.3 Å². The molecule has 2 saturated heterocycles. The number of aliphatic hydroxyl groups is 1. The van der Waals surface area contributed by atoms with Gasteiger partial charge in [0.15, 0.2) is 0 Å². The van der Waals surface area contributed by atoms with E-state index in [0.717, 1.165) is 17.3 Å². The molecule has 4 rings (SSSR count). The number of fused-ring (bicyclic) bond motifs is 2. The van der Waals surface area contributed by atoms with E-state index in [1.54, 1.807) is 24.3 Å². The summed E-state index contributed by atoms with van der Waals surface area (Å²) in [7, 11) is 2.43. The first kappa shape index (κ1) is 27.9. The summed E-state index contributed by atoms with van der Waals surface area (Å²) in [5.74, 6) is -0.554. The largest absolute Gasteiger partial charge is 1.00 e. The van der Waals surface area contributed by atoms with Crippen molar-refractivity contribution < 1.29 is 36.1 Å². The van der Waals surface area contributed by atoms with Crippen LogP contribution in [0.2, 0.25) is 0 Å². The first-order valence-electron chi connectivity index (χ1n) is 13.4. The average molecular weight is 545 g/mol. The molecule has 2 aliphatic rings. The molecule has 2 unspecified atom stereocenters. The third-order valence-corrected chi connectivity index (χ3v) is 8.52. The Morgan fingerprint density at radius 3 is 1.89 bits per heavy atom. The number of piperidine rings is 1. The van der Waals surface area contributed by atoms with Crippen molar-refractivity contribution >= 4 is 5.97 Å². The summed E-state index contributed by atoms with van der Waals surface area (Å²) < 4.78 is 7.25. The molecule has 2 aromatic carbocycles. The van der Waals surface area contributed by atoms with Gasteiger partial charge in [-0.15, -0.1) is 0 Å². The molecule has 2 fully saturated rings. The fourth-order valence-corrected chi connectivity index (χ4v) is 6.39. The molecule has 0 radical (unpaired) electrons. The number of hydrogen-bond donors (Lipinski definition) is 1. The molecule has 0 aliphatic carbocycles.